The molecule has 32 heavy (non-hydrogen) atoms. The topological polar surface area (TPSA) is 158 Å². The van der Waals surface area contributed by atoms with Gasteiger partial charge in [0.1, 0.15) is 23.2 Å². The van der Waals surface area contributed by atoms with Crippen molar-refractivity contribution in [1.82, 2.24) is 0 Å². The van der Waals surface area contributed by atoms with Crippen molar-refractivity contribution in [2.45, 2.75) is 37.4 Å². The number of carbonyl (C=O) groups excluding carboxylic acids is 4. The lowest BCUT2D eigenvalue weighted by Gasteiger charge is -2.42. The first-order valence-electron chi connectivity index (χ1n) is 9.80. The third kappa shape index (κ3) is 2.93. The monoisotopic (exact) mass is 440 g/mol. The Morgan fingerprint density at radius 2 is 1.81 bits per heavy atom. The molecular weight excluding hydrogens is 420 g/mol. The number of aromatic hydroxyl groups is 2. The van der Waals surface area contributed by atoms with E-state index in [1.54, 1.807) is 0 Å². The fourth-order valence-electron chi connectivity index (χ4n) is 4.85. The van der Waals surface area contributed by atoms with Gasteiger partial charge >= 0.3 is 5.97 Å². The first-order chi connectivity index (χ1) is 15.0. The van der Waals surface area contributed by atoms with Crippen LogP contribution >= 0.6 is 0 Å². The van der Waals surface area contributed by atoms with Gasteiger partial charge in [-0.25, -0.2) is 0 Å². The largest absolute Gasteiger partial charge is 0.507 e. The molecule has 0 heterocycles. The van der Waals surface area contributed by atoms with E-state index in [2.05, 4.69) is 0 Å². The number of methoxy groups -OCH3 is 1. The van der Waals surface area contributed by atoms with Crippen LogP contribution in [0.5, 0.6) is 11.5 Å². The maximum Gasteiger partial charge on any atom is 0.316 e. The van der Waals surface area contributed by atoms with Crippen molar-refractivity contribution in [3.05, 3.63) is 57.6 Å². The van der Waals surface area contributed by atoms with Crippen molar-refractivity contribution >= 4 is 23.3 Å². The number of ketones is 3. The van der Waals surface area contributed by atoms with E-state index in [4.69, 9.17) is 4.74 Å². The third-order valence-electron chi connectivity index (χ3n) is 6.08. The van der Waals surface area contributed by atoms with Crippen LogP contribution in [0.2, 0.25) is 0 Å². The number of phenolic OH excluding ortho intramolecular Hbond substituents is 2. The predicted octanol–water partition coefficient (Wildman–Crippen LogP) is 1.28. The number of benzene rings is 2. The Kier molecular flexibility index (Phi) is 4.91. The summed E-state index contributed by atoms with van der Waals surface area (Å²) in [4.78, 5) is 50.7. The van der Waals surface area contributed by atoms with Crippen molar-refractivity contribution in [2.75, 3.05) is 7.11 Å². The molecule has 0 aliphatic heterocycles. The molecule has 2 aliphatic carbocycles. The normalized spacial score (nSPS) is 23.8. The van der Waals surface area contributed by atoms with Gasteiger partial charge in [0.05, 0.1) is 29.9 Å². The van der Waals surface area contributed by atoms with Gasteiger partial charge in [-0.1, -0.05) is 12.1 Å². The zero-order valence-corrected chi connectivity index (χ0v) is 17.2. The molecule has 0 amide bonds. The molecule has 2 aliphatic rings. The van der Waals surface area contributed by atoms with E-state index in [9.17, 15) is 39.6 Å². The summed E-state index contributed by atoms with van der Waals surface area (Å²) in [5.41, 5.74) is -3.40. The number of fused-ring (bicyclic) bond motifs is 3. The number of carbonyl (C=O) groups is 4. The quantitative estimate of drug-likeness (QED) is 0.440. The van der Waals surface area contributed by atoms with Crippen molar-refractivity contribution in [3.8, 4) is 11.5 Å². The van der Waals surface area contributed by atoms with Gasteiger partial charge in [0.15, 0.2) is 5.78 Å². The molecule has 3 unspecified atom stereocenters. The first kappa shape index (κ1) is 21.7. The van der Waals surface area contributed by atoms with Crippen LogP contribution in [0.25, 0.3) is 0 Å². The van der Waals surface area contributed by atoms with Crippen LogP contribution in [-0.2, 0) is 14.3 Å². The summed E-state index contributed by atoms with van der Waals surface area (Å²) in [6.07, 6.45) is -2.52. The van der Waals surface area contributed by atoms with Gasteiger partial charge < -0.3 is 25.2 Å². The minimum absolute atomic E-state index is 0.0909. The van der Waals surface area contributed by atoms with Gasteiger partial charge in [0.2, 0.25) is 5.78 Å². The number of aliphatic hydroxyl groups is 2. The molecule has 9 heteroatoms. The average Bonchev–Trinajstić information content (AvgIpc) is 2.70. The summed E-state index contributed by atoms with van der Waals surface area (Å²) in [6.45, 7) is 1.21. The van der Waals surface area contributed by atoms with Crippen molar-refractivity contribution in [1.29, 1.82) is 0 Å². The minimum atomic E-state index is -2.04. The van der Waals surface area contributed by atoms with Crippen LogP contribution in [0.1, 0.15) is 74.8 Å². The van der Waals surface area contributed by atoms with E-state index in [0.29, 0.717) is 0 Å². The molecule has 0 saturated carbocycles. The number of ether oxygens (including phenoxy) is 1. The summed E-state index contributed by atoms with van der Waals surface area (Å²) in [6, 6.07) is 5.11. The molecule has 0 spiro atoms. The van der Waals surface area contributed by atoms with Gasteiger partial charge in [0, 0.05) is 29.5 Å². The van der Waals surface area contributed by atoms with Crippen LogP contribution < -0.4 is 0 Å². The summed E-state index contributed by atoms with van der Waals surface area (Å²) in [5, 5.41) is 43.0. The van der Waals surface area contributed by atoms with Gasteiger partial charge in [-0.3, -0.25) is 19.2 Å². The van der Waals surface area contributed by atoms with Crippen molar-refractivity contribution in [2.24, 2.45) is 0 Å². The summed E-state index contributed by atoms with van der Waals surface area (Å²) in [5.74, 6) is -5.56. The maximum atomic E-state index is 13.1. The summed E-state index contributed by atoms with van der Waals surface area (Å²) >= 11 is 0. The molecule has 4 rings (SSSR count). The molecular formula is C23H20O9. The Morgan fingerprint density at radius 3 is 2.44 bits per heavy atom. The van der Waals surface area contributed by atoms with E-state index in [-0.39, 0.29) is 27.8 Å². The fraction of sp³-hybridized carbons (Fsp3) is 0.304. The average molecular weight is 440 g/mol. The summed E-state index contributed by atoms with van der Waals surface area (Å²) in [7, 11) is 1.08. The molecule has 0 fully saturated rings. The number of esters is 1. The number of hydrogen-bond donors (Lipinski definition) is 4. The van der Waals surface area contributed by atoms with Crippen LogP contribution in [0.3, 0.4) is 0 Å². The second-order valence-electron chi connectivity index (χ2n) is 8.17. The molecule has 0 bridgehead atoms. The van der Waals surface area contributed by atoms with Gasteiger partial charge in [-0.15, -0.1) is 0 Å². The van der Waals surface area contributed by atoms with Crippen LogP contribution in [0.4, 0.5) is 0 Å². The molecule has 0 saturated heterocycles. The number of hydrogen-bond acceptors (Lipinski definition) is 9. The van der Waals surface area contributed by atoms with Crippen molar-refractivity contribution < 1.29 is 44.3 Å². The van der Waals surface area contributed by atoms with Crippen LogP contribution in [0.15, 0.2) is 24.3 Å². The lowest BCUT2D eigenvalue weighted by Crippen LogP contribution is -2.47. The molecule has 0 aromatic heterocycles. The van der Waals surface area contributed by atoms with Gasteiger partial charge in [-0.05, 0) is 24.6 Å². The van der Waals surface area contributed by atoms with Gasteiger partial charge in [0.25, 0.3) is 0 Å². The maximum absolute atomic E-state index is 13.1. The Labute approximate surface area is 181 Å². The van der Waals surface area contributed by atoms with E-state index >= 15 is 0 Å². The Bertz CT molecular complexity index is 1210. The Balaban J connectivity index is 2.02. The van der Waals surface area contributed by atoms with Crippen LogP contribution in [-0.4, -0.2) is 56.5 Å². The second-order valence-corrected chi connectivity index (χ2v) is 8.17. The lowest BCUT2D eigenvalue weighted by molar-refractivity contribution is -0.154. The number of phenols is 2. The van der Waals surface area contributed by atoms with E-state index in [1.165, 1.54) is 25.1 Å². The predicted molar refractivity (Wildman–Crippen MR) is 108 cm³/mol. The highest BCUT2D eigenvalue weighted by atomic mass is 16.5. The second kappa shape index (κ2) is 7.25. The number of Topliss-reactive ketones (excluding diaryl/α,β-unsaturated/α-hetero) is 1. The molecule has 2 aromatic carbocycles. The SMILES string of the molecule is COC(=O)C1c2cc3c(c(O)c2C(O)CC1(O)CC(C)=O)C(=O)c1c(O)cccc1C3=O. The molecule has 2 aromatic rings. The zero-order valence-electron chi connectivity index (χ0n) is 17.2. The first-order valence-corrected chi connectivity index (χ1v) is 9.80. The van der Waals surface area contributed by atoms with E-state index < -0.39 is 70.8 Å². The molecule has 166 valence electrons. The standard InChI is InChI=1S/C23H20O9/c1-9(24)7-23(31)8-14(26)16-11(18(23)22(30)32-2)6-12-17(21(16)29)20(28)15-10(19(12)27)4-3-5-13(15)25/h3-6,14,18,25-26,29,31H,7-8H2,1-2H3. The minimum Gasteiger partial charge on any atom is -0.507 e. The fourth-order valence-corrected chi connectivity index (χ4v) is 4.85. The summed E-state index contributed by atoms with van der Waals surface area (Å²) < 4.78 is 4.80. The lowest BCUT2D eigenvalue weighted by atomic mass is 9.66. The Hall–Kier alpha value is -3.56. The van der Waals surface area contributed by atoms with Crippen molar-refractivity contribution in [3.63, 3.8) is 0 Å². The van der Waals surface area contributed by atoms with Crippen LogP contribution in [0, 0.1) is 0 Å². The van der Waals surface area contributed by atoms with Gasteiger partial charge in [-0.2, -0.15) is 0 Å². The molecule has 9 nitrogen and oxygen atoms in total. The zero-order chi connectivity index (χ0) is 23.5. The number of rotatable bonds is 3. The molecule has 0 radical (unpaired) electrons. The smallest absolute Gasteiger partial charge is 0.316 e. The highest BCUT2D eigenvalue weighted by Crippen LogP contribution is 2.52. The highest BCUT2D eigenvalue weighted by Gasteiger charge is 2.52. The number of aliphatic hydroxyl groups excluding tert-OH is 1. The highest BCUT2D eigenvalue weighted by molar-refractivity contribution is 6.30. The molecule has 4 N–H and O–H groups in total. The third-order valence-corrected chi connectivity index (χ3v) is 6.08. The molecule has 3 atom stereocenters. The van der Waals surface area contributed by atoms with E-state index in [1.807, 2.05) is 0 Å². The Morgan fingerprint density at radius 1 is 1.12 bits per heavy atom. The van der Waals surface area contributed by atoms with E-state index in [0.717, 1.165) is 13.2 Å².